The maximum Gasteiger partial charge on any atom is 0.276 e. The van der Waals surface area contributed by atoms with Crippen molar-refractivity contribution in [1.82, 2.24) is 30.2 Å². The molecule has 0 unspecified atom stereocenters. The van der Waals surface area contributed by atoms with Crippen molar-refractivity contribution in [1.29, 1.82) is 0 Å². The van der Waals surface area contributed by atoms with Crippen molar-refractivity contribution >= 4 is 16.8 Å². The van der Waals surface area contributed by atoms with E-state index in [-0.39, 0.29) is 5.91 Å². The largest absolute Gasteiger partial charge is 0.337 e. The lowest BCUT2D eigenvalue weighted by atomic mass is 9.93. The van der Waals surface area contributed by atoms with E-state index >= 15 is 0 Å². The number of nitrogens with zero attached hydrogens (tertiary/aromatic N) is 5. The summed E-state index contributed by atoms with van der Waals surface area (Å²) in [7, 11) is 1.98. The number of benzene rings is 1. The first kappa shape index (κ1) is 18.6. The zero-order chi connectivity index (χ0) is 19.5. The molecule has 1 aromatic carbocycles. The smallest absolute Gasteiger partial charge is 0.276 e. The molecule has 0 aliphatic carbocycles. The monoisotopic (exact) mass is 378 g/mol. The van der Waals surface area contributed by atoms with Gasteiger partial charge in [-0.1, -0.05) is 11.3 Å². The van der Waals surface area contributed by atoms with Gasteiger partial charge in [-0.3, -0.25) is 9.78 Å². The Balaban J connectivity index is 1.51. The van der Waals surface area contributed by atoms with Gasteiger partial charge in [-0.25, -0.2) is 4.68 Å². The summed E-state index contributed by atoms with van der Waals surface area (Å²) in [6.45, 7) is 4.52. The highest BCUT2D eigenvalue weighted by atomic mass is 16.2. The van der Waals surface area contributed by atoms with Crippen LogP contribution >= 0.6 is 0 Å². The Morgan fingerprint density at radius 1 is 1.25 bits per heavy atom. The SMILES string of the molecule is CNCCC1CCN(C(=O)c2nnn(-c3ccc4ncccc4c3)c2C)CC1. The minimum atomic E-state index is -0.0155. The summed E-state index contributed by atoms with van der Waals surface area (Å²) < 4.78 is 1.74. The lowest BCUT2D eigenvalue weighted by Gasteiger charge is -2.31. The molecule has 4 rings (SSSR count). The molecule has 1 aliphatic rings. The highest BCUT2D eigenvalue weighted by molar-refractivity contribution is 5.93. The van der Waals surface area contributed by atoms with Crippen LogP contribution in [-0.4, -0.2) is 57.5 Å². The molecule has 146 valence electrons. The molecule has 28 heavy (non-hydrogen) atoms. The van der Waals surface area contributed by atoms with Gasteiger partial charge in [-0.15, -0.1) is 5.10 Å². The van der Waals surface area contributed by atoms with Gasteiger partial charge < -0.3 is 10.2 Å². The first-order valence-corrected chi connectivity index (χ1v) is 9.88. The molecule has 3 aromatic rings. The molecule has 0 saturated carbocycles. The number of hydrogen-bond acceptors (Lipinski definition) is 5. The van der Waals surface area contributed by atoms with E-state index in [0.717, 1.165) is 54.8 Å². The van der Waals surface area contributed by atoms with E-state index in [9.17, 15) is 4.79 Å². The number of amides is 1. The quantitative estimate of drug-likeness (QED) is 0.738. The third-order valence-electron chi connectivity index (χ3n) is 5.63. The number of hydrogen-bond donors (Lipinski definition) is 1. The number of nitrogens with one attached hydrogen (secondary N) is 1. The Hall–Kier alpha value is -2.80. The molecule has 1 amide bonds. The molecular weight excluding hydrogens is 352 g/mol. The van der Waals surface area contributed by atoms with Gasteiger partial charge in [0.25, 0.3) is 5.91 Å². The fourth-order valence-electron chi connectivity index (χ4n) is 3.89. The van der Waals surface area contributed by atoms with Crippen LogP contribution in [0.25, 0.3) is 16.6 Å². The summed E-state index contributed by atoms with van der Waals surface area (Å²) in [5, 5.41) is 12.7. The maximum absolute atomic E-state index is 13.0. The summed E-state index contributed by atoms with van der Waals surface area (Å²) in [5.41, 5.74) is 3.03. The maximum atomic E-state index is 13.0. The van der Waals surface area contributed by atoms with E-state index in [2.05, 4.69) is 20.6 Å². The summed E-state index contributed by atoms with van der Waals surface area (Å²) in [4.78, 5) is 19.3. The molecule has 1 aliphatic heterocycles. The standard InChI is InChI=1S/C21H26N6O/c1-15-20(21(28)26-12-8-16(9-13-26)7-11-22-2)24-25-27(15)18-5-6-19-17(14-18)4-3-10-23-19/h3-6,10,14,16,22H,7-9,11-13H2,1-2H3. The van der Waals surface area contributed by atoms with Crippen molar-refractivity contribution < 1.29 is 4.79 Å². The molecule has 7 heteroatoms. The van der Waals surface area contributed by atoms with Gasteiger partial charge in [0.2, 0.25) is 0 Å². The molecule has 1 N–H and O–H groups in total. The second kappa shape index (κ2) is 8.06. The highest BCUT2D eigenvalue weighted by Gasteiger charge is 2.27. The van der Waals surface area contributed by atoms with E-state index in [0.29, 0.717) is 11.6 Å². The Morgan fingerprint density at radius 2 is 2.07 bits per heavy atom. The van der Waals surface area contributed by atoms with Gasteiger partial charge >= 0.3 is 0 Å². The summed E-state index contributed by atoms with van der Waals surface area (Å²) in [5.74, 6) is 0.678. The highest BCUT2D eigenvalue weighted by Crippen LogP contribution is 2.23. The normalized spacial score (nSPS) is 15.3. The van der Waals surface area contributed by atoms with Crippen LogP contribution in [0.2, 0.25) is 0 Å². The molecule has 1 fully saturated rings. The number of carbonyl (C=O) groups excluding carboxylic acids is 1. The summed E-state index contributed by atoms with van der Waals surface area (Å²) in [6.07, 6.45) is 5.06. The number of pyridine rings is 1. The van der Waals surface area contributed by atoms with Gasteiger partial charge in [0, 0.05) is 24.7 Å². The van der Waals surface area contributed by atoms with Crippen molar-refractivity contribution in [3.8, 4) is 5.69 Å². The lowest BCUT2D eigenvalue weighted by Crippen LogP contribution is -2.39. The van der Waals surface area contributed by atoms with Crippen LogP contribution in [0.4, 0.5) is 0 Å². The van der Waals surface area contributed by atoms with Crippen LogP contribution in [0, 0.1) is 12.8 Å². The van der Waals surface area contributed by atoms with E-state index in [4.69, 9.17) is 0 Å². The Bertz CT molecular complexity index is 974. The van der Waals surface area contributed by atoms with Crippen LogP contribution in [0.3, 0.4) is 0 Å². The van der Waals surface area contributed by atoms with Crippen LogP contribution in [0.1, 0.15) is 35.4 Å². The average molecular weight is 378 g/mol. The molecule has 2 aromatic heterocycles. The van der Waals surface area contributed by atoms with E-state index in [1.165, 1.54) is 6.42 Å². The lowest BCUT2D eigenvalue weighted by molar-refractivity contribution is 0.0680. The molecule has 7 nitrogen and oxygen atoms in total. The number of aromatic nitrogens is 4. The second-order valence-corrected chi connectivity index (χ2v) is 7.44. The van der Waals surface area contributed by atoms with Gasteiger partial charge in [0.05, 0.1) is 16.9 Å². The minimum absolute atomic E-state index is 0.0155. The predicted molar refractivity (Wildman–Crippen MR) is 109 cm³/mol. The van der Waals surface area contributed by atoms with Crippen molar-refractivity contribution in [2.75, 3.05) is 26.7 Å². The average Bonchev–Trinajstić information content (AvgIpc) is 3.13. The Labute approximate surface area is 164 Å². The van der Waals surface area contributed by atoms with Crippen LogP contribution < -0.4 is 5.32 Å². The van der Waals surface area contributed by atoms with Gasteiger partial charge in [-0.2, -0.15) is 0 Å². The fraction of sp³-hybridized carbons (Fsp3) is 0.429. The molecule has 0 atom stereocenters. The van der Waals surface area contributed by atoms with Gasteiger partial charge in [0.15, 0.2) is 5.69 Å². The number of carbonyl (C=O) groups is 1. The van der Waals surface area contributed by atoms with Crippen molar-refractivity contribution in [2.45, 2.75) is 26.2 Å². The van der Waals surface area contributed by atoms with Crippen molar-refractivity contribution in [3.05, 3.63) is 47.9 Å². The van der Waals surface area contributed by atoms with E-state index < -0.39 is 0 Å². The third-order valence-corrected chi connectivity index (χ3v) is 5.63. The number of fused-ring (bicyclic) bond motifs is 1. The minimum Gasteiger partial charge on any atom is -0.337 e. The summed E-state index contributed by atoms with van der Waals surface area (Å²) in [6, 6.07) is 9.87. The predicted octanol–water partition coefficient (Wildman–Crippen LogP) is 2.59. The first-order valence-electron chi connectivity index (χ1n) is 9.88. The van der Waals surface area contributed by atoms with E-state index in [1.54, 1.807) is 10.9 Å². The molecule has 0 bridgehead atoms. The fourth-order valence-corrected chi connectivity index (χ4v) is 3.89. The van der Waals surface area contributed by atoms with Gasteiger partial charge in [0.1, 0.15) is 0 Å². The van der Waals surface area contributed by atoms with Gasteiger partial charge in [-0.05, 0) is 70.0 Å². The van der Waals surface area contributed by atoms with Crippen molar-refractivity contribution in [2.24, 2.45) is 5.92 Å². The molecule has 0 radical (unpaired) electrons. The zero-order valence-electron chi connectivity index (χ0n) is 16.4. The van der Waals surface area contributed by atoms with E-state index in [1.807, 2.05) is 49.2 Å². The molecular formula is C21H26N6O. The number of piperidine rings is 1. The second-order valence-electron chi connectivity index (χ2n) is 7.44. The Kier molecular flexibility index (Phi) is 5.34. The topological polar surface area (TPSA) is 75.9 Å². The summed E-state index contributed by atoms with van der Waals surface area (Å²) >= 11 is 0. The third kappa shape index (κ3) is 3.62. The first-order chi connectivity index (χ1) is 13.7. The molecule has 0 spiro atoms. The van der Waals surface area contributed by atoms with Crippen LogP contribution in [0.5, 0.6) is 0 Å². The molecule has 3 heterocycles. The van der Waals surface area contributed by atoms with Crippen molar-refractivity contribution in [3.63, 3.8) is 0 Å². The van der Waals surface area contributed by atoms with Crippen LogP contribution in [-0.2, 0) is 0 Å². The Morgan fingerprint density at radius 3 is 2.86 bits per heavy atom. The van der Waals surface area contributed by atoms with Crippen LogP contribution in [0.15, 0.2) is 36.5 Å². The number of rotatable bonds is 5. The number of likely N-dealkylation sites (tertiary alicyclic amines) is 1. The molecule has 1 saturated heterocycles. The zero-order valence-corrected chi connectivity index (χ0v) is 16.4.